The highest BCUT2D eigenvalue weighted by molar-refractivity contribution is 7.19. The third-order valence-electron chi connectivity index (χ3n) is 4.01. The van der Waals surface area contributed by atoms with Crippen LogP contribution in [0.15, 0.2) is 36.4 Å². The average Bonchev–Trinajstić information content (AvgIpc) is 3.04. The fourth-order valence-electron chi connectivity index (χ4n) is 2.91. The Balaban J connectivity index is 1.89. The van der Waals surface area contributed by atoms with Gasteiger partial charge in [-0.1, -0.05) is 23.2 Å². The molecule has 0 bridgehead atoms. The Bertz CT molecular complexity index is 836. The molecule has 3 aromatic rings. The van der Waals surface area contributed by atoms with E-state index in [1.54, 1.807) is 11.3 Å². The number of hydrogen-bond acceptors (Lipinski definition) is 3. The van der Waals surface area contributed by atoms with Crippen LogP contribution in [-0.4, -0.2) is 16.3 Å². The molecule has 1 N–H and O–H groups in total. The van der Waals surface area contributed by atoms with Gasteiger partial charge in [-0.05, 0) is 55.7 Å². The second-order valence-corrected chi connectivity index (χ2v) is 7.70. The second kappa shape index (κ2) is 6.19. The summed E-state index contributed by atoms with van der Waals surface area (Å²) in [5, 5.41) is 9.15. The molecule has 118 valence electrons. The predicted octanol–water partition coefficient (Wildman–Crippen LogP) is 5.66. The smallest absolute Gasteiger partial charge is 0.133 e. The molecule has 1 aromatic carbocycles. The van der Waals surface area contributed by atoms with E-state index < -0.39 is 0 Å². The maximum Gasteiger partial charge on any atom is 0.133 e. The zero-order valence-electron chi connectivity index (χ0n) is 12.4. The number of nitrogens with one attached hydrogen (secondary N) is 1. The van der Waals surface area contributed by atoms with Crippen molar-refractivity contribution in [3.8, 4) is 16.3 Å². The van der Waals surface area contributed by atoms with Crippen molar-refractivity contribution in [2.75, 3.05) is 11.9 Å². The van der Waals surface area contributed by atoms with Crippen LogP contribution < -0.4 is 5.32 Å². The van der Waals surface area contributed by atoms with Crippen LogP contribution in [0.2, 0.25) is 9.36 Å². The summed E-state index contributed by atoms with van der Waals surface area (Å²) < 4.78 is 2.77. The Morgan fingerprint density at radius 1 is 1.04 bits per heavy atom. The highest BCUT2D eigenvalue weighted by Crippen LogP contribution is 2.38. The van der Waals surface area contributed by atoms with E-state index in [4.69, 9.17) is 28.3 Å². The molecule has 0 fully saturated rings. The molecule has 0 aliphatic carbocycles. The van der Waals surface area contributed by atoms with Crippen molar-refractivity contribution < 1.29 is 0 Å². The number of nitrogens with zero attached hydrogens (tertiary/aromatic N) is 2. The molecule has 0 spiro atoms. The molecule has 0 radical (unpaired) electrons. The fourth-order valence-corrected chi connectivity index (χ4v) is 4.09. The quantitative estimate of drug-likeness (QED) is 0.636. The van der Waals surface area contributed by atoms with Gasteiger partial charge in [-0.25, -0.2) is 4.68 Å². The van der Waals surface area contributed by atoms with Crippen molar-refractivity contribution in [2.45, 2.75) is 19.3 Å². The molecule has 2 aromatic heterocycles. The summed E-state index contributed by atoms with van der Waals surface area (Å²) in [6, 6.07) is 11.7. The van der Waals surface area contributed by atoms with Gasteiger partial charge in [0, 0.05) is 17.1 Å². The Hall–Kier alpha value is -1.49. The molecule has 0 saturated heterocycles. The number of fused-ring (bicyclic) bond motifs is 1. The van der Waals surface area contributed by atoms with E-state index in [-0.39, 0.29) is 0 Å². The van der Waals surface area contributed by atoms with E-state index in [9.17, 15) is 0 Å². The third kappa shape index (κ3) is 2.87. The highest BCUT2D eigenvalue weighted by atomic mass is 35.5. The van der Waals surface area contributed by atoms with Gasteiger partial charge in [0.1, 0.15) is 11.5 Å². The molecule has 6 heteroatoms. The lowest BCUT2D eigenvalue weighted by atomic mass is 10.1. The van der Waals surface area contributed by atoms with Crippen molar-refractivity contribution in [3.05, 3.63) is 51.3 Å². The van der Waals surface area contributed by atoms with Crippen molar-refractivity contribution in [1.82, 2.24) is 9.78 Å². The molecular formula is C17H15Cl2N3S. The maximum absolute atomic E-state index is 6.12. The molecule has 0 saturated carbocycles. The Morgan fingerprint density at radius 3 is 2.61 bits per heavy atom. The molecule has 1 aliphatic heterocycles. The lowest BCUT2D eigenvalue weighted by Crippen LogP contribution is -2.06. The number of aromatic nitrogens is 2. The molecule has 0 unspecified atom stereocenters. The lowest BCUT2D eigenvalue weighted by Gasteiger charge is -2.09. The molecule has 0 atom stereocenters. The van der Waals surface area contributed by atoms with E-state index in [0.717, 1.165) is 44.4 Å². The molecule has 4 rings (SSSR count). The van der Waals surface area contributed by atoms with Crippen molar-refractivity contribution in [3.63, 3.8) is 0 Å². The normalized spacial score (nSPS) is 14.2. The van der Waals surface area contributed by atoms with Crippen molar-refractivity contribution >= 4 is 40.4 Å². The first-order valence-corrected chi connectivity index (χ1v) is 9.17. The van der Waals surface area contributed by atoms with Crippen molar-refractivity contribution in [1.29, 1.82) is 0 Å². The monoisotopic (exact) mass is 363 g/mol. The number of thiophene rings is 1. The topological polar surface area (TPSA) is 29.9 Å². The predicted molar refractivity (Wildman–Crippen MR) is 98.3 cm³/mol. The van der Waals surface area contributed by atoms with Gasteiger partial charge < -0.3 is 5.32 Å². The van der Waals surface area contributed by atoms with Gasteiger partial charge in [0.15, 0.2) is 0 Å². The van der Waals surface area contributed by atoms with Gasteiger partial charge in [-0.15, -0.1) is 11.3 Å². The molecule has 0 amide bonds. The Morgan fingerprint density at radius 2 is 1.87 bits per heavy atom. The van der Waals surface area contributed by atoms with E-state index >= 15 is 0 Å². The average molecular weight is 364 g/mol. The summed E-state index contributed by atoms with van der Waals surface area (Å²) in [6.45, 7) is 0.969. The van der Waals surface area contributed by atoms with Gasteiger partial charge in [0.05, 0.1) is 14.9 Å². The minimum absolute atomic E-state index is 0.727. The first kappa shape index (κ1) is 15.1. The van der Waals surface area contributed by atoms with E-state index in [2.05, 4.69) is 5.32 Å². The zero-order chi connectivity index (χ0) is 15.8. The van der Waals surface area contributed by atoms with Gasteiger partial charge in [0.2, 0.25) is 0 Å². The minimum atomic E-state index is 0.727. The Kier molecular flexibility index (Phi) is 4.05. The van der Waals surface area contributed by atoms with Crippen LogP contribution in [0.3, 0.4) is 0 Å². The largest absolute Gasteiger partial charge is 0.370 e. The summed E-state index contributed by atoms with van der Waals surface area (Å²) in [7, 11) is 0. The Labute approximate surface area is 148 Å². The fraction of sp³-hybridized carbons (Fsp3) is 0.235. The van der Waals surface area contributed by atoms with E-state index in [0.29, 0.717) is 0 Å². The molecule has 3 heterocycles. The van der Waals surface area contributed by atoms with Crippen LogP contribution in [0, 0.1) is 0 Å². The highest BCUT2D eigenvalue weighted by Gasteiger charge is 2.22. The van der Waals surface area contributed by atoms with Crippen LogP contribution in [0.1, 0.15) is 18.4 Å². The first-order chi connectivity index (χ1) is 11.2. The van der Waals surface area contributed by atoms with Crippen LogP contribution in [-0.2, 0) is 6.42 Å². The van der Waals surface area contributed by atoms with Gasteiger partial charge in [0.25, 0.3) is 0 Å². The SMILES string of the molecule is Clc1ccc(-n2nc(-c3ccc(Cl)s3)c3c2NCCCC3)cc1. The third-order valence-corrected chi connectivity index (χ3v) is 5.50. The van der Waals surface area contributed by atoms with Crippen molar-refractivity contribution in [2.24, 2.45) is 0 Å². The summed E-state index contributed by atoms with van der Waals surface area (Å²) in [4.78, 5) is 1.11. The van der Waals surface area contributed by atoms with E-state index in [1.165, 1.54) is 18.4 Å². The molecule has 23 heavy (non-hydrogen) atoms. The summed E-state index contributed by atoms with van der Waals surface area (Å²) in [5.74, 6) is 1.09. The van der Waals surface area contributed by atoms with Gasteiger partial charge in [-0.2, -0.15) is 5.10 Å². The van der Waals surface area contributed by atoms with Crippen LogP contribution >= 0.6 is 34.5 Å². The molecule has 1 aliphatic rings. The number of rotatable bonds is 2. The number of benzene rings is 1. The zero-order valence-corrected chi connectivity index (χ0v) is 14.7. The first-order valence-electron chi connectivity index (χ1n) is 7.60. The van der Waals surface area contributed by atoms with E-state index in [1.807, 2.05) is 41.1 Å². The summed E-state index contributed by atoms with van der Waals surface area (Å²) >= 11 is 13.7. The summed E-state index contributed by atoms with van der Waals surface area (Å²) in [6.07, 6.45) is 3.36. The summed E-state index contributed by atoms with van der Waals surface area (Å²) in [5.41, 5.74) is 3.31. The van der Waals surface area contributed by atoms with Gasteiger partial charge >= 0.3 is 0 Å². The minimum Gasteiger partial charge on any atom is -0.370 e. The number of anilines is 1. The van der Waals surface area contributed by atoms with Crippen LogP contribution in [0.25, 0.3) is 16.3 Å². The van der Waals surface area contributed by atoms with Crippen LogP contribution in [0.4, 0.5) is 5.82 Å². The van der Waals surface area contributed by atoms with Crippen LogP contribution in [0.5, 0.6) is 0 Å². The number of halogens is 2. The maximum atomic E-state index is 6.12. The van der Waals surface area contributed by atoms with Gasteiger partial charge in [-0.3, -0.25) is 0 Å². The number of hydrogen-bond donors (Lipinski definition) is 1. The second-order valence-electron chi connectivity index (χ2n) is 5.55. The molecule has 3 nitrogen and oxygen atoms in total. The lowest BCUT2D eigenvalue weighted by molar-refractivity contribution is 0.780. The molecular weight excluding hydrogens is 349 g/mol. The standard InChI is InChI=1S/C17H15Cl2N3S/c18-11-4-6-12(7-5-11)22-17-13(3-1-2-10-20-17)16(21-22)14-8-9-15(19)23-14/h4-9,20H,1-3,10H2.